The number of amides is 3. The summed E-state index contributed by atoms with van der Waals surface area (Å²) in [7, 11) is 1.56. The number of hydrogen-bond donors (Lipinski definition) is 4. The van der Waals surface area contributed by atoms with Gasteiger partial charge in [0.25, 0.3) is 0 Å². The van der Waals surface area contributed by atoms with Crippen LogP contribution in [0.4, 0.5) is 16.2 Å². The predicted molar refractivity (Wildman–Crippen MR) is 131 cm³/mol. The molecule has 3 rings (SSSR count). The Morgan fingerprint density at radius 1 is 0.971 bits per heavy atom. The second-order valence-corrected chi connectivity index (χ2v) is 9.37. The number of aryl methyl sites for hydroxylation is 1. The molecule has 0 spiro atoms. The van der Waals surface area contributed by atoms with Crippen molar-refractivity contribution in [3.8, 4) is 5.75 Å². The van der Waals surface area contributed by atoms with Crippen LogP contribution in [0.15, 0.2) is 42.5 Å². The Morgan fingerprint density at radius 2 is 1.62 bits per heavy atom. The van der Waals surface area contributed by atoms with E-state index < -0.39 is 11.5 Å². The molecule has 3 amide bonds. The van der Waals surface area contributed by atoms with Crippen LogP contribution in [0, 0.1) is 12.8 Å². The van der Waals surface area contributed by atoms with Crippen molar-refractivity contribution in [2.24, 2.45) is 5.92 Å². The molecular formula is C26H33N3O5. The first-order valence-electron chi connectivity index (χ1n) is 11.5. The molecule has 0 heterocycles. The largest absolute Gasteiger partial charge is 0.495 e. The van der Waals surface area contributed by atoms with Gasteiger partial charge < -0.3 is 25.8 Å². The predicted octanol–water partition coefficient (Wildman–Crippen LogP) is 4.90. The summed E-state index contributed by atoms with van der Waals surface area (Å²) in [5.74, 6) is -0.488. The maximum absolute atomic E-state index is 12.5. The summed E-state index contributed by atoms with van der Waals surface area (Å²) in [4.78, 5) is 36.2. The van der Waals surface area contributed by atoms with E-state index in [1.165, 1.54) is 13.8 Å². The minimum Gasteiger partial charge on any atom is -0.495 e. The number of carboxylic acids is 1. The van der Waals surface area contributed by atoms with Gasteiger partial charge in [-0.1, -0.05) is 18.2 Å². The highest BCUT2D eigenvalue weighted by Gasteiger charge is 2.33. The fourth-order valence-corrected chi connectivity index (χ4v) is 4.20. The molecule has 8 heteroatoms. The monoisotopic (exact) mass is 467 g/mol. The van der Waals surface area contributed by atoms with Gasteiger partial charge >= 0.3 is 12.0 Å². The Kier molecular flexibility index (Phi) is 7.81. The third kappa shape index (κ3) is 6.27. The number of benzene rings is 2. The first kappa shape index (κ1) is 25.1. The number of ether oxygens (including phenoxy) is 1. The average molecular weight is 468 g/mol. The summed E-state index contributed by atoms with van der Waals surface area (Å²) in [5.41, 5.74) is 2.18. The van der Waals surface area contributed by atoms with Gasteiger partial charge in [-0.05, 0) is 87.8 Å². The molecule has 182 valence electrons. The summed E-state index contributed by atoms with van der Waals surface area (Å²) < 4.78 is 5.30. The fraction of sp³-hybridized carbons (Fsp3) is 0.423. The summed E-state index contributed by atoms with van der Waals surface area (Å²) in [6, 6.07) is 13.0. The second kappa shape index (κ2) is 10.6. The minimum atomic E-state index is -1.27. The molecule has 1 saturated carbocycles. The van der Waals surface area contributed by atoms with Crippen LogP contribution in [0.2, 0.25) is 0 Å². The first-order chi connectivity index (χ1) is 16.1. The quantitative estimate of drug-likeness (QED) is 0.462. The van der Waals surface area contributed by atoms with Crippen molar-refractivity contribution in [1.82, 2.24) is 5.32 Å². The van der Waals surface area contributed by atoms with Gasteiger partial charge in [0, 0.05) is 11.6 Å². The zero-order valence-electron chi connectivity index (χ0n) is 20.1. The topological polar surface area (TPSA) is 117 Å². The van der Waals surface area contributed by atoms with Crippen LogP contribution in [-0.2, 0) is 9.59 Å². The highest BCUT2D eigenvalue weighted by Crippen LogP contribution is 2.36. The van der Waals surface area contributed by atoms with Crippen LogP contribution >= 0.6 is 0 Å². The molecule has 0 atom stereocenters. The van der Waals surface area contributed by atoms with Crippen molar-refractivity contribution in [2.75, 3.05) is 17.7 Å². The molecule has 34 heavy (non-hydrogen) atoms. The molecule has 0 saturated heterocycles. The van der Waals surface area contributed by atoms with Gasteiger partial charge in [0.2, 0.25) is 5.91 Å². The normalized spacial score (nSPS) is 18.0. The number of anilines is 2. The molecule has 0 aromatic heterocycles. The first-order valence-corrected chi connectivity index (χ1v) is 11.5. The van der Waals surface area contributed by atoms with Crippen LogP contribution in [0.25, 0.3) is 0 Å². The summed E-state index contributed by atoms with van der Waals surface area (Å²) in [5, 5.41) is 17.5. The molecule has 8 nitrogen and oxygen atoms in total. The van der Waals surface area contributed by atoms with Gasteiger partial charge in [-0.2, -0.15) is 0 Å². The van der Waals surface area contributed by atoms with E-state index in [1.807, 2.05) is 49.4 Å². The number of carboxylic acid groups (broad SMARTS) is 1. The summed E-state index contributed by atoms with van der Waals surface area (Å²) in [6.07, 6.45) is 3.14. The molecule has 0 aliphatic heterocycles. The van der Waals surface area contributed by atoms with Gasteiger partial charge in [-0.3, -0.25) is 4.79 Å². The van der Waals surface area contributed by atoms with Crippen LogP contribution in [-0.4, -0.2) is 35.7 Å². The molecule has 1 fully saturated rings. The molecule has 0 unspecified atom stereocenters. The van der Waals surface area contributed by atoms with E-state index in [-0.39, 0.29) is 17.9 Å². The number of aliphatic carboxylic acids is 1. The molecule has 1 aliphatic rings. The minimum absolute atomic E-state index is 0.168. The third-order valence-corrected chi connectivity index (χ3v) is 6.31. The summed E-state index contributed by atoms with van der Waals surface area (Å²) >= 11 is 0. The second-order valence-electron chi connectivity index (χ2n) is 9.37. The van der Waals surface area contributed by atoms with Gasteiger partial charge in [0.05, 0.1) is 12.8 Å². The Bertz CT molecular complexity index is 1040. The smallest absolute Gasteiger partial charge is 0.328 e. The summed E-state index contributed by atoms with van der Waals surface area (Å²) in [6.45, 7) is 4.93. The van der Waals surface area contributed by atoms with Crippen LogP contribution in [0.3, 0.4) is 0 Å². The molecule has 0 radical (unpaired) electrons. The van der Waals surface area contributed by atoms with Gasteiger partial charge in [0.15, 0.2) is 0 Å². The third-order valence-electron chi connectivity index (χ3n) is 6.31. The van der Waals surface area contributed by atoms with Crippen molar-refractivity contribution >= 4 is 29.3 Å². The van der Waals surface area contributed by atoms with Gasteiger partial charge in [-0.25, -0.2) is 9.59 Å². The number of carbonyl (C=O) groups excluding carboxylic acids is 2. The molecular weight excluding hydrogens is 434 g/mol. The van der Waals surface area contributed by atoms with E-state index in [1.54, 1.807) is 7.11 Å². The zero-order chi connectivity index (χ0) is 24.9. The lowest BCUT2D eigenvalue weighted by molar-refractivity contribution is -0.146. The van der Waals surface area contributed by atoms with Gasteiger partial charge in [-0.15, -0.1) is 0 Å². The number of methoxy groups -OCH3 is 1. The molecule has 2 aromatic rings. The lowest BCUT2D eigenvalue weighted by Gasteiger charge is -2.30. The van der Waals surface area contributed by atoms with Crippen LogP contribution in [0.5, 0.6) is 5.75 Å². The van der Waals surface area contributed by atoms with Crippen LogP contribution < -0.4 is 20.7 Å². The number of rotatable bonds is 7. The Labute approximate surface area is 200 Å². The Hall–Kier alpha value is -3.55. The molecule has 4 N–H and O–H groups in total. The maximum atomic E-state index is 12.5. The molecule has 1 aliphatic carbocycles. The van der Waals surface area contributed by atoms with E-state index in [2.05, 4.69) is 16.0 Å². The van der Waals surface area contributed by atoms with Gasteiger partial charge in [0.1, 0.15) is 11.3 Å². The number of carbonyl (C=O) groups is 3. The average Bonchev–Trinajstić information content (AvgIpc) is 2.79. The highest BCUT2D eigenvalue weighted by atomic mass is 16.5. The highest BCUT2D eigenvalue weighted by molar-refractivity contribution is 6.00. The van der Waals surface area contributed by atoms with Crippen molar-refractivity contribution in [3.05, 3.63) is 53.6 Å². The lowest BCUT2D eigenvalue weighted by atomic mass is 9.78. The lowest BCUT2D eigenvalue weighted by Crippen LogP contribution is -2.51. The van der Waals surface area contributed by atoms with E-state index in [0.29, 0.717) is 35.9 Å². The van der Waals surface area contributed by atoms with Crippen molar-refractivity contribution in [1.29, 1.82) is 0 Å². The molecule has 2 aromatic carbocycles. The Balaban J connectivity index is 1.52. The van der Waals surface area contributed by atoms with E-state index >= 15 is 0 Å². The van der Waals surface area contributed by atoms with Crippen molar-refractivity contribution in [3.63, 3.8) is 0 Å². The number of nitrogens with one attached hydrogen (secondary N) is 3. The van der Waals surface area contributed by atoms with Crippen molar-refractivity contribution < 1.29 is 24.2 Å². The molecule has 0 bridgehead atoms. The standard InChI is InChI=1S/C26H33N3O5/c1-16-5-14-22(34-4)21(15-16)28-25(33)27-20-12-10-18(11-13-20)17-6-8-19(9-7-17)23(30)29-26(2,3)24(31)32/h5,10-15,17,19H,6-9H2,1-4H3,(H,29,30)(H,31,32)(H2,27,28,33)/t17-,19-. The van der Waals surface area contributed by atoms with E-state index in [9.17, 15) is 19.5 Å². The fourth-order valence-electron chi connectivity index (χ4n) is 4.20. The van der Waals surface area contributed by atoms with E-state index in [0.717, 1.165) is 24.0 Å². The SMILES string of the molecule is COc1ccc(C)cc1NC(=O)Nc1ccc([C@H]2CC[C@H](C(=O)NC(C)(C)C(=O)O)CC2)cc1. The van der Waals surface area contributed by atoms with Crippen molar-refractivity contribution in [2.45, 2.75) is 57.9 Å². The maximum Gasteiger partial charge on any atom is 0.328 e. The number of urea groups is 1. The number of hydrogen-bond acceptors (Lipinski definition) is 4. The van der Waals surface area contributed by atoms with E-state index in [4.69, 9.17) is 4.74 Å². The zero-order valence-corrected chi connectivity index (χ0v) is 20.1. The Morgan fingerprint density at radius 3 is 2.21 bits per heavy atom. The van der Waals surface area contributed by atoms with Crippen LogP contribution in [0.1, 0.15) is 56.6 Å².